The molecule has 1 aromatic carbocycles. The Bertz CT molecular complexity index is 488. The first kappa shape index (κ1) is 12.2. The zero-order valence-corrected chi connectivity index (χ0v) is 10.1. The van der Waals surface area contributed by atoms with Gasteiger partial charge in [-0.1, -0.05) is 19.9 Å². The lowest BCUT2D eigenvalue weighted by atomic mass is 10.2. The number of anilines is 1. The zero-order chi connectivity index (χ0) is 12.1. The fourth-order valence-corrected chi connectivity index (χ4v) is 1.35. The molecule has 2 rings (SSSR count). The summed E-state index contributed by atoms with van der Waals surface area (Å²) in [4.78, 5) is 18.0. The van der Waals surface area contributed by atoms with E-state index < -0.39 is 0 Å². The SMILES string of the molecule is CC.CC(=O)Nc1nc2ccc(C)cc2[nH]1. The van der Waals surface area contributed by atoms with Crippen molar-refractivity contribution in [1.29, 1.82) is 0 Å². The third-order valence-electron chi connectivity index (χ3n) is 1.93. The largest absolute Gasteiger partial charge is 0.324 e. The van der Waals surface area contributed by atoms with E-state index in [-0.39, 0.29) is 5.91 Å². The zero-order valence-electron chi connectivity index (χ0n) is 10.1. The summed E-state index contributed by atoms with van der Waals surface area (Å²) in [6.45, 7) is 7.47. The van der Waals surface area contributed by atoms with Crippen LogP contribution in [0.1, 0.15) is 26.3 Å². The summed E-state index contributed by atoms with van der Waals surface area (Å²) < 4.78 is 0. The number of benzene rings is 1. The molecule has 0 atom stereocenters. The van der Waals surface area contributed by atoms with Crippen LogP contribution >= 0.6 is 0 Å². The maximum absolute atomic E-state index is 10.8. The van der Waals surface area contributed by atoms with Gasteiger partial charge in [0.1, 0.15) is 0 Å². The summed E-state index contributed by atoms with van der Waals surface area (Å²) in [7, 11) is 0. The number of H-pyrrole nitrogens is 1. The van der Waals surface area contributed by atoms with Gasteiger partial charge in [0.2, 0.25) is 11.9 Å². The Labute approximate surface area is 95.1 Å². The summed E-state index contributed by atoms with van der Waals surface area (Å²) in [5.74, 6) is 0.374. The van der Waals surface area contributed by atoms with E-state index in [0.717, 1.165) is 16.6 Å². The number of aromatic nitrogens is 2. The van der Waals surface area contributed by atoms with E-state index in [2.05, 4.69) is 15.3 Å². The number of imidazole rings is 1. The number of amides is 1. The number of fused-ring (bicyclic) bond motifs is 1. The number of aryl methyl sites for hydroxylation is 1. The maximum Gasteiger partial charge on any atom is 0.223 e. The van der Waals surface area contributed by atoms with Gasteiger partial charge in [-0.15, -0.1) is 0 Å². The molecule has 0 fully saturated rings. The van der Waals surface area contributed by atoms with E-state index in [9.17, 15) is 4.79 Å². The molecule has 16 heavy (non-hydrogen) atoms. The number of carbonyl (C=O) groups is 1. The van der Waals surface area contributed by atoms with Gasteiger partial charge < -0.3 is 4.98 Å². The van der Waals surface area contributed by atoms with Crippen LogP contribution in [0.5, 0.6) is 0 Å². The van der Waals surface area contributed by atoms with E-state index in [0.29, 0.717) is 5.95 Å². The minimum absolute atomic E-state index is 0.124. The third-order valence-corrected chi connectivity index (χ3v) is 1.93. The third kappa shape index (κ3) is 2.82. The topological polar surface area (TPSA) is 57.8 Å². The minimum atomic E-state index is -0.124. The molecule has 0 saturated heterocycles. The molecule has 1 aromatic heterocycles. The highest BCUT2D eigenvalue weighted by molar-refractivity contribution is 5.89. The first-order chi connectivity index (χ1) is 7.65. The summed E-state index contributed by atoms with van der Waals surface area (Å²) >= 11 is 0. The molecular weight excluding hydrogens is 202 g/mol. The molecule has 4 nitrogen and oxygen atoms in total. The van der Waals surface area contributed by atoms with Crippen molar-refractivity contribution in [3.8, 4) is 0 Å². The van der Waals surface area contributed by atoms with Crippen LogP contribution in [0.2, 0.25) is 0 Å². The van der Waals surface area contributed by atoms with Crippen LogP contribution in [0.4, 0.5) is 5.95 Å². The summed E-state index contributed by atoms with van der Waals surface area (Å²) in [6.07, 6.45) is 0. The predicted octanol–water partition coefficient (Wildman–Crippen LogP) is 2.86. The average Bonchev–Trinajstić information content (AvgIpc) is 2.61. The second kappa shape index (κ2) is 5.30. The Balaban J connectivity index is 0.000000606. The maximum atomic E-state index is 10.8. The number of hydrogen-bond acceptors (Lipinski definition) is 2. The monoisotopic (exact) mass is 219 g/mol. The minimum Gasteiger partial charge on any atom is -0.324 e. The molecule has 2 N–H and O–H groups in total. The van der Waals surface area contributed by atoms with Crippen molar-refractivity contribution in [2.75, 3.05) is 5.32 Å². The lowest BCUT2D eigenvalue weighted by molar-refractivity contribution is -0.114. The van der Waals surface area contributed by atoms with Gasteiger partial charge in [0.15, 0.2) is 0 Å². The van der Waals surface area contributed by atoms with Crippen LogP contribution in [0.15, 0.2) is 18.2 Å². The smallest absolute Gasteiger partial charge is 0.223 e. The quantitative estimate of drug-likeness (QED) is 0.774. The first-order valence-electron chi connectivity index (χ1n) is 5.39. The van der Waals surface area contributed by atoms with Gasteiger partial charge in [-0.25, -0.2) is 4.98 Å². The van der Waals surface area contributed by atoms with E-state index in [4.69, 9.17) is 0 Å². The molecule has 0 spiro atoms. The van der Waals surface area contributed by atoms with Crippen molar-refractivity contribution in [1.82, 2.24) is 9.97 Å². The molecule has 0 aliphatic heterocycles. The Morgan fingerprint density at radius 2 is 2.06 bits per heavy atom. The Hall–Kier alpha value is -1.84. The van der Waals surface area contributed by atoms with Crippen LogP contribution in [0.25, 0.3) is 11.0 Å². The van der Waals surface area contributed by atoms with Crippen LogP contribution in [-0.2, 0) is 4.79 Å². The molecule has 1 amide bonds. The number of aromatic amines is 1. The summed E-state index contributed by atoms with van der Waals surface area (Å²) in [6, 6.07) is 5.90. The molecule has 0 unspecified atom stereocenters. The number of hydrogen-bond donors (Lipinski definition) is 2. The van der Waals surface area contributed by atoms with Crippen LogP contribution in [0, 0.1) is 6.92 Å². The van der Waals surface area contributed by atoms with Crippen LogP contribution < -0.4 is 5.32 Å². The molecule has 86 valence electrons. The Morgan fingerprint density at radius 1 is 1.38 bits per heavy atom. The Kier molecular flexibility index (Phi) is 4.05. The Morgan fingerprint density at radius 3 is 2.69 bits per heavy atom. The van der Waals surface area contributed by atoms with Crippen molar-refractivity contribution in [3.05, 3.63) is 23.8 Å². The molecule has 0 aliphatic carbocycles. The van der Waals surface area contributed by atoms with E-state index in [1.54, 1.807) is 0 Å². The first-order valence-corrected chi connectivity index (χ1v) is 5.39. The number of nitrogens with zero attached hydrogens (tertiary/aromatic N) is 1. The lowest BCUT2D eigenvalue weighted by Crippen LogP contribution is -2.06. The van der Waals surface area contributed by atoms with Crippen molar-refractivity contribution in [3.63, 3.8) is 0 Å². The van der Waals surface area contributed by atoms with Gasteiger partial charge in [-0.3, -0.25) is 10.1 Å². The molecule has 2 aromatic rings. The van der Waals surface area contributed by atoms with Crippen molar-refractivity contribution in [2.24, 2.45) is 0 Å². The highest BCUT2D eigenvalue weighted by Gasteiger charge is 2.02. The second-order valence-electron chi connectivity index (χ2n) is 3.29. The highest BCUT2D eigenvalue weighted by atomic mass is 16.1. The van der Waals surface area contributed by atoms with Gasteiger partial charge in [0.05, 0.1) is 11.0 Å². The molecule has 0 bridgehead atoms. The number of carbonyl (C=O) groups excluding carboxylic acids is 1. The predicted molar refractivity (Wildman–Crippen MR) is 66.5 cm³/mol. The van der Waals surface area contributed by atoms with Crippen LogP contribution in [0.3, 0.4) is 0 Å². The van der Waals surface area contributed by atoms with E-state index >= 15 is 0 Å². The number of nitrogens with one attached hydrogen (secondary N) is 2. The van der Waals surface area contributed by atoms with Gasteiger partial charge in [-0.05, 0) is 24.6 Å². The fraction of sp³-hybridized carbons (Fsp3) is 0.333. The molecular formula is C12H17N3O. The molecule has 1 heterocycles. The van der Waals surface area contributed by atoms with Gasteiger partial charge in [-0.2, -0.15) is 0 Å². The van der Waals surface area contributed by atoms with Gasteiger partial charge in [0, 0.05) is 6.92 Å². The molecule has 0 aliphatic rings. The lowest BCUT2D eigenvalue weighted by Gasteiger charge is -1.92. The summed E-state index contributed by atoms with van der Waals surface area (Å²) in [5.41, 5.74) is 2.96. The highest BCUT2D eigenvalue weighted by Crippen LogP contribution is 2.15. The van der Waals surface area contributed by atoms with Crippen molar-refractivity contribution < 1.29 is 4.79 Å². The molecule has 4 heteroatoms. The summed E-state index contributed by atoms with van der Waals surface area (Å²) in [5, 5.41) is 2.61. The van der Waals surface area contributed by atoms with Crippen molar-refractivity contribution >= 4 is 22.9 Å². The van der Waals surface area contributed by atoms with E-state index in [1.807, 2.05) is 39.0 Å². The fourth-order valence-electron chi connectivity index (χ4n) is 1.35. The van der Waals surface area contributed by atoms with Gasteiger partial charge in [0.25, 0.3) is 0 Å². The average molecular weight is 219 g/mol. The molecule has 0 saturated carbocycles. The van der Waals surface area contributed by atoms with Crippen LogP contribution in [-0.4, -0.2) is 15.9 Å². The number of rotatable bonds is 1. The standard InChI is InChI=1S/C10H11N3O.C2H6/c1-6-3-4-8-9(5-6)13-10(12-8)11-7(2)14;1-2/h3-5H,1-2H3,(H2,11,12,13,14);1-2H3. The second-order valence-corrected chi connectivity index (χ2v) is 3.29. The normalized spacial score (nSPS) is 9.50. The van der Waals surface area contributed by atoms with Crippen molar-refractivity contribution in [2.45, 2.75) is 27.7 Å². The van der Waals surface area contributed by atoms with E-state index in [1.165, 1.54) is 6.92 Å². The van der Waals surface area contributed by atoms with Gasteiger partial charge >= 0.3 is 0 Å². The molecule has 0 radical (unpaired) electrons.